The van der Waals surface area contributed by atoms with Gasteiger partial charge in [0.05, 0.1) is 4.90 Å². The van der Waals surface area contributed by atoms with Gasteiger partial charge in [0.2, 0.25) is 10.0 Å². The van der Waals surface area contributed by atoms with E-state index in [1.165, 1.54) is 28.8 Å². The largest absolute Gasteiger partial charge is 0.381 e. The maximum absolute atomic E-state index is 12.7. The molecule has 1 heterocycles. The van der Waals surface area contributed by atoms with E-state index in [4.69, 9.17) is 11.6 Å². The van der Waals surface area contributed by atoms with E-state index in [2.05, 4.69) is 41.7 Å². The van der Waals surface area contributed by atoms with Crippen LogP contribution in [-0.4, -0.2) is 21.0 Å². The number of hydrogen-bond donors (Lipinski definition) is 2. The zero-order valence-electron chi connectivity index (χ0n) is 16.0. The molecule has 28 heavy (non-hydrogen) atoms. The van der Waals surface area contributed by atoms with E-state index < -0.39 is 10.0 Å². The number of benzene rings is 2. The van der Waals surface area contributed by atoms with Crippen LogP contribution in [0.25, 0.3) is 0 Å². The average molecular weight is 417 g/mol. The van der Waals surface area contributed by atoms with Crippen LogP contribution < -0.4 is 10.0 Å². The molecule has 2 aliphatic rings. The van der Waals surface area contributed by atoms with Crippen LogP contribution in [0.3, 0.4) is 0 Å². The molecular formula is C22H25ClN2O2S. The topological polar surface area (TPSA) is 58.2 Å². The van der Waals surface area contributed by atoms with Crippen LogP contribution in [0.4, 0.5) is 5.69 Å². The van der Waals surface area contributed by atoms with Crippen molar-refractivity contribution in [1.29, 1.82) is 0 Å². The number of sulfonamides is 1. The quantitative estimate of drug-likeness (QED) is 0.689. The summed E-state index contributed by atoms with van der Waals surface area (Å²) in [4.78, 5) is 0.231. The number of anilines is 1. The Morgan fingerprint density at radius 3 is 2.75 bits per heavy atom. The molecule has 2 aromatic carbocycles. The van der Waals surface area contributed by atoms with Crippen molar-refractivity contribution in [2.75, 3.05) is 11.9 Å². The van der Waals surface area contributed by atoms with Crippen LogP contribution in [-0.2, 0) is 15.4 Å². The lowest BCUT2D eigenvalue weighted by Crippen LogP contribution is -2.45. The van der Waals surface area contributed by atoms with E-state index in [9.17, 15) is 8.42 Å². The van der Waals surface area contributed by atoms with Gasteiger partial charge in [0.25, 0.3) is 0 Å². The predicted molar refractivity (Wildman–Crippen MR) is 115 cm³/mol. The van der Waals surface area contributed by atoms with E-state index in [1.54, 1.807) is 12.1 Å². The summed E-state index contributed by atoms with van der Waals surface area (Å²) < 4.78 is 28.1. The average Bonchev–Trinajstić information content (AvgIpc) is 2.97. The normalized spacial score (nSPS) is 23.8. The summed E-state index contributed by atoms with van der Waals surface area (Å²) in [6.07, 6.45) is 3.85. The van der Waals surface area contributed by atoms with Crippen LogP contribution in [0.15, 0.2) is 59.5 Å². The van der Waals surface area contributed by atoms with Crippen molar-refractivity contribution in [3.63, 3.8) is 0 Å². The van der Waals surface area contributed by atoms with Crippen molar-refractivity contribution in [3.8, 4) is 0 Å². The van der Waals surface area contributed by atoms with Crippen molar-refractivity contribution in [1.82, 2.24) is 4.72 Å². The van der Waals surface area contributed by atoms with Crippen LogP contribution in [0.2, 0.25) is 5.02 Å². The molecule has 0 bridgehead atoms. The molecule has 2 N–H and O–H groups in total. The van der Waals surface area contributed by atoms with E-state index in [0.717, 1.165) is 24.9 Å². The van der Waals surface area contributed by atoms with E-state index in [1.807, 2.05) is 0 Å². The predicted octanol–water partition coefficient (Wildman–Crippen LogP) is 4.79. The van der Waals surface area contributed by atoms with Crippen molar-refractivity contribution in [3.05, 3.63) is 70.8 Å². The van der Waals surface area contributed by atoms with E-state index in [0.29, 0.717) is 18.0 Å². The molecule has 148 valence electrons. The van der Waals surface area contributed by atoms with Gasteiger partial charge >= 0.3 is 0 Å². The Hall–Kier alpha value is -1.82. The highest BCUT2D eigenvalue weighted by atomic mass is 35.5. The second kappa shape index (κ2) is 7.21. The van der Waals surface area contributed by atoms with Gasteiger partial charge in [-0.1, -0.05) is 41.4 Å². The summed E-state index contributed by atoms with van der Waals surface area (Å²) in [5.74, 6) is 0. The molecule has 4 rings (SSSR count). The summed E-state index contributed by atoms with van der Waals surface area (Å²) in [6.45, 7) is 6.86. The number of fused-ring (bicyclic) bond motifs is 3. The van der Waals surface area contributed by atoms with Gasteiger partial charge in [-0.2, -0.15) is 0 Å². The molecular weight excluding hydrogens is 392 g/mol. The molecule has 6 heteroatoms. The highest BCUT2D eigenvalue weighted by Crippen LogP contribution is 2.53. The molecule has 2 aromatic rings. The Bertz CT molecular complexity index is 1020. The van der Waals surface area contributed by atoms with E-state index >= 15 is 0 Å². The third-order valence-corrected chi connectivity index (χ3v) is 7.85. The molecule has 1 saturated carbocycles. The Balaban J connectivity index is 1.59. The number of halogens is 1. The lowest BCUT2D eigenvalue weighted by Gasteiger charge is -2.42. The van der Waals surface area contributed by atoms with Crippen molar-refractivity contribution in [2.45, 2.75) is 49.0 Å². The summed E-state index contributed by atoms with van der Waals surface area (Å²) >= 11 is 5.87. The summed E-state index contributed by atoms with van der Waals surface area (Å²) in [5, 5.41) is 4.18. The molecule has 0 spiro atoms. The van der Waals surface area contributed by atoms with Gasteiger partial charge in [-0.25, -0.2) is 13.1 Å². The smallest absolute Gasteiger partial charge is 0.240 e. The second-order valence-electron chi connectivity index (χ2n) is 7.81. The van der Waals surface area contributed by atoms with Gasteiger partial charge in [-0.15, -0.1) is 0 Å². The first-order chi connectivity index (χ1) is 13.3. The first-order valence-corrected chi connectivity index (χ1v) is 11.5. The highest BCUT2D eigenvalue weighted by molar-refractivity contribution is 7.89. The van der Waals surface area contributed by atoms with Crippen molar-refractivity contribution < 1.29 is 8.42 Å². The Kier molecular flexibility index (Phi) is 5.02. The SMILES string of the molecule is C=C1CCC[C@@H]2Nc3ccc(C)cc3[C@]12CCNS(=O)(=O)c1ccc(Cl)cc1. The van der Waals surface area contributed by atoms with Crippen molar-refractivity contribution >= 4 is 27.3 Å². The lowest BCUT2D eigenvalue weighted by atomic mass is 9.63. The molecule has 4 nitrogen and oxygen atoms in total. The zero-order chi connectivity index (χ0) is 19.9. The standard InChI is InChI=1S/C22H25ClN2O2S/c1-15-6-11-20-19(14-15)22(16(2)4-3-5-21(22)25-20)12-13-24-28(26,27)18-9-7-17(23)8-10-18/h6-11,14,21,24-25H,2-5,12-13H2,1H3/t21-,22-/m0/s1. The minimum atomic E-state index is -3.57. The van der Waals surface area contributed by atoms with Gasteiger partial charge in [0, 0.05) is 28.7 Å². The fraction of sp³-hybridized carbons (Fsp3) is 0.364. The van der Waals surface area contributed by atoms with Crippen LogP contribution in [0.1, 0.15) is 36.8 Å². The first kappa shape index (κ1) is 19.5. The van der Waals surface area contributed by atoms with Crippen molar-refractivity contribution in [2.24, 2.45) is 0 Å². The summed E-state index contributed by atoms with van der Waals surface area (Å²) in [5.41, 5.74) is 4.60. The Morgan fingerprint density at radius 2 is 2.00 bits per heavy atom. The maximum atomic E-state index is 12.7. The fourth-order valence-corrected chi connectivity index (χ4v) is 5.87. The second-order valence-corrected chi connectivity index (χ2v) is 10.0. The number of hydrogen-bond acceptors (Lipinski definition) is 3. The molecule has 2 atom stereocenters. The molecule has 1 aliphatic carbocycles. The maximum Gasteiger partial charge on any atom is 0.240 e. The number of rotatable bonds is 5. The number of aryl methyl sites for hydroxylation is 1. The fourth-order valence-electron chi connectivity index (χ4n) is 4.72. The molecule has 1 aliphatic heterocycles. The highest BCUT2D eigenvalue weighted by Gasteiger charge is 2.49. The minimum absolute atomic E-state index is 0.220. The summed E-state index contributed by atoms with van der Waals surface area (Å²) in [7, 11) is -3.57. The molecule has 1 fully saturated rings. The van der Waals surface area contributed by atoms with Crippen LogP contribution in [0, 0.1) is 6.92 Å². The molecule has 0 saturated heterocycles. The molecule has 0 unspecified atom stereocenters. The Labute approximate surface area is 172 Å². The van der Waals surface area contributed by atoms with Crippen LogP contribution >= 0.6 is 11.6 Å². The monoisotopic (exact) mass is 416 g/mol. The molecule has 0 radical (unpaired) electrons. The van der Waals surface area contributed by atoms with Gasteiger partial charge in [0.1, 0.15) is 0 Å². The first-order valence-electron chi connectivity index (χ1n) is 9.64. The van der Waals surface area contributed by atoms with Gasteiger partial charge in [0.15, 0.2) is 0 Å². The molecule has 0 amide bonds. The number of nitrogens with one attached hydrogen (secondary N) is 2. The van der Waals surface area contributed by atoms with E-state index in [-0.39, 0.29) is 16.4 Å². The zero-order valence-corrected chi connectivity index (χ0v) is 17.5. The van der Waals surface area contributed by atoms with Gasteiger partial charge in [-0.3, -0.25) is 0 Å². The lowest BCUT2D eigenvalue weighted by molar-refractivity contribution is 0.344. The Morgan fingerprint density at radius 1 is 1.25 bits per heavy atom. The van der Waals surface area contributed by atoms with Gasteiger partial charge < -0.3 is 5.32 Å². The third-order valence-electron chi connectivity index (χ3n) is 6.12. The van der Waals surface area contributed by atoms with Gasteiger partial charge in [-0.05, 0) is 68.5 Å². The minimum Gasteiger partial charge on any atom is -0.381 e. The molecule has 0 aromatic heterocycles. The van der Waals surface area contributed by atoms with Crippen LogP contribution in [0.5, 0.6) is 0 Å². The third kappa shape index (κ3) is 3.25. The summed E-state index contributed by atoms with van der Waals surface area (Å²) in [6, 6.07) is 13.0.